The second-order valence-corrected chi connectivity index (χ2v) is 8.16. The van der Waals surface area contributed by atoms with E-state index in [1.54, 1.807) is 0 Å². The molecule has 0 saturated carbocycles. The van der Waals surface area contributed by atoms with E-state index in [0.717, 1.165) is 51.1 Å². The molecule has 0 aromatic heterocycles. The highest BCUT2D eigenvalue weighted by molar-refractivity contribution is 4.59. The maximum atomic E-state index is 5.96. The molecule has 0 heterocycles. The van der Waals surface area contributed by atoms with Crippen molar-refractivity contribution in [2.24, 2.45) is 11.8 Å². The summed E-state index contributed by atoms with van der Waals surface area (Å²) in [7, 11) is 0. The molecule has 0 saturated heterocycles. The molecule has 2 nitrogen and oxygen atoms in total. The van der Waals surface area contributed by atoms with E-state index in [1.165, 1.54) is 77.0 Å². The Labute approximate surface area is 165 Å². The smallest absolute Gasteiger partial charge is 0.0494 e. The highest BCUT2D eigenvalue weighted by Gasteiger charge is 2.09. The fourth-order valence-corrected chi connectivity index (χ4v) is 3.71. The van der Waals surface area contributed by atoms with E-state index in [4.69, 9.17) is 9.47 Å². The molecule has 0 aliphatic carbocycles. The third-order valence-electron chi connectivity index (χ3n) is 5.36. The maximum absolute atomic E-state index is 5.96. The van der Waals surface area contributed by atoms with Crippen LogP contribution in [0.1, 0.15) is 118 Å². The van der Waals surface area contributed by atoms with Crippen LogP contribution in [0, 0.1) is 11.8 Å². The average Bonchev–Trinajstić information content (AvgIpc) is 2.64. The van der Waals surface area contributed by atoms with Gasteiger partial charge in [0.15, 0.2) is 0 Å². The van der Waals surface area contributed by atoms with Crippen molar-refractivity contribution >= 4 is 0 Å². The van der Waals surface area contributed by atoms with Crippen molar-refractivity contribution in [1.29, 1.82) is 0 Å². The van der Waals surface area contributed by atoms with Gasteiger partial charge in [0, 0.05) is 26.4 Å². The third-order valence-corrected chi connectivity index (χ3v) is 5.36. The zero-order valence-corrected chi connectivity index (χ0v) is 18.7. The lowest BCUT2D eigenvalue weighted by atomic mass is 9.97. The summed E-state index contributed by atoms with van der Waals surface area (Å²) in [4.78, 5) is 0. The Balaban J connectivity index is 3.59. The molecule has 0 aliphatic heterocycles. The summed E-state index contributed by atoms with van der Waals surface area (Å²) in [5.74, 6) is 1.56. The fraction of sp³-hybridized carbons (Fsp3) is 1.00. The molecular formula is C24H50O2. The monoisotopic (exact) mass is 370 g/mol. The first-order chi connectivity index (χ1) is 12.8. The van der Waals surface area contributed by atoms with Crippen LogP contribution in [0.2, 0.25) is 0 Å². The fourth-order valence-electron chi connectivity index (χ4n) is 3.71. The van der Waals surface area contributed by atoms with Crippen molar-refractivity contribution in [3.05, 3.63) is 0 Å². The molecule has 0 bridgehead atoms. The van der Waals surface area contributed by atoms with Crippen LogP contribution in [0.4, 0.5) is 0 Å². The van der Waals surface area contributed by atoms with Crippen molar-refractivity contribution < 1.29 is 9.47 Å². The first-order valence-corrected chi connectivity index (χ1v) is 11.9. The lowest BCUT2D eigenvalue weighted by Crippen LogP contribution is -2.12. The Hall–Kier alpha value is -0.0800. The van der Waals surface area contributed by atoms with Gasteiger partial charge in [-0.1, -0.05) is 79.1 Å². The molecule has 2 unspecified atom stereocenters. The quantitative estimate of drug-likeness (QED) is 0.192. The second-order valence-electron chi connectivity index (χ2n) is 8.16. The van der Waals surface area contributed by atoms with E-state index in [2.05, 4.69) is 27.7 Å². The minimum atomic E-state index is 0.778. The molecular weight excluding hydrogens is 320 g/mol. The Kier molecular flexibility index (Phi) is 21.2. The van der Waals surface area contributed by atoms with Crippen LogP contribution in [0.15, 0.2) is 0 Å². The molecule has 0 amide bonds. The highest BCUT2D eigenvalue weighted by atomic mass is 16.5. The molecule has 0 aliphatic rings. The number of unbranched alkanes of at least 4 members (excludes halogenated alkanes) is 5. The minimum Gasteiger partial charge on any atom is -0.381 e. The summed E-state index contributed by atoms with van der Waals surface area (Å²) >= 11 is 0. The summed E-state index contributed by atoms with van der Waals surface area (Å²) in [6.07, 6.45) is 18.3. The number of hydrogen-bond donors (Lipinski definition) is 0. The average molecular weight is 371 g/mol. The van der Waals surface area contributed by atoms with Crippen molar-refractivity contribution in [1.82, 2.24) is 0 Å². The largest absolute Gasteiger partial charge is 0.381 e. The zero-order valence-electron chi connectivity index (χ0n) is 18.7. The molecule has 0 spiro atoms. The van der Waals surface area contributed by atoms with Gasteiger partial charge in [0.25, 0.3) is 0 Å². The normalized spacial score (nSPS) is 13.8. The van der Waals surface area contributed by atoms with Crippen LogP contribution < -0.4 is 0 Å². The van der Waals surface area contributed by atoms with Gasteiger partial charge in [-0.3, -0.25) is 0 Å². The number of ether oxygens (including phenoxy) is 2. The SMILES string of the molecule is CCCCCC(CCC)COCCCCOCC(CCC)CCCCC. The van der Waals surface area contributed by atoms with E-state index in [-0.39, 0.29) is 0 Å². The number of hydrogen-bond acceptors (Lipinski definition) is 2. The van der Waals surface area contributed by atoms with Crippen LogP contribution >= 0.6 is 0 Å². The van der Waals surface area contributed by atoms with Gasteiger partial charge < -0.3 is 9.47 Å². The van der Waals surface area contributed by atoms with Gasteiger partial charge in [-0.2, -0.15) is 0 Å². The molecule has 0 radical (unpaired) electrons. The lowest BCUT2D eigenvalue weighted by Gasteiger charge is -2.17. The van der Waals surface area contributed by atoms with Gasteiger partial charge in [-0.05, 0) is 50.4 Å². The van der Waals surface area contributed by atoms with Gasteiger partial charge >= 0.3 is 0 Å². The molecule has 0 fully saturated rings. The van der Waals surface area contributed by atoms with Crippen molar-refractivity contribution in [3.63, 3.8) is 0 Å². The van der Waals surface area contributed by atoms with Crippen LogP contribution in [-0.2, 0) is 9.47 Å². The summed E-state index contributed by atoms with van der Waals surface area (Å²) in [6.45, 7) is 12.9. The summed E-state index contributed by atoms with van der Waals surface area (Å²) < 4.78 is 11.9. The lowest BCUT2D eigenvalue weighted by molar-refractivity contribution is 0.0668. The Morgan fingerprint density at radius 3 is 1.23 bits per heavy atom. The molecule has 26 heavy (non-hydrogen) atoms. The second kappa shape index (κ2) is 21.2. The molecule has 2 atom stereocenters. The van der Waals surface area contributed by atoms with Gasteiger partial charge in [-0.25, -0.2) is 0 Å². The topological polar surface area (TPSA) is 18.5 Å². The van der Waals surface area contributed by atoms with Crippen molar-refractivity contribution in [2.45, 2.75) is 118 Å². The molecule has 0 N–H and O–H groups in total. The number of rotatable bonds is 21. The van der Waals surface area contributed by atoms with E-state index in [9.17, 15) is 0 Å². The third kappa shape index (κ3) is 17.3. The van der Waals surface area contributed by atoms with E-state index < -0.39 is 0 Å². The predicted octanol–water partition coefficient (Wildman–Crippen LogP) is 7.79. The van der Waals surface area contributed by atoms with Gasteiger partial charge in [0.2, 0.25) is 0 Å². The maximum Gasteiger partial charge on any atom is 0.0494 e. The van der Waals surface area contributed by atoms with E-state index in [1.807, 2.05) is 0 Å². The van der Waals surface area contributed by atoms with Gasteiger partial charge in [-0.15, -0.1) is 0 Å². The molecule has 0 rings (SSSR count). The van der Waals surface area contributed by atoms with Gasteiger partial charge in [0.05, 0.1) is 0 Å². The van der Waals surface area contributed by atoms with E-state index >= 15 is 0 Å². The molecule has 0 aromatic rings. The van der Waals surface area contributed by atoms with Crippen LogP contribution in [0.25, 0.3) is 0 Å². The molecule has 158 valence electrons. The first kappa shape index (κ1) is 25.9. The van der Waals surface area contributed by atoms with Crippen LogP contribution in [0.3, 0.4) is 0 Å². The standard InChI is InChI=1S/C24H50O2/c1-5-9-11-17-23(15-7-3)21-25-19-13-14-20-26-22-24(16-8-4)18-12-10-6-2/h23-24H,5-22H2,1-4H3. The predicted molar refractivity (Wildman–Crippen MR) is 116 cm³/mol. The van der Waals surface area contributed by atoms with Gasteiger partial charge in [0.1, 0.15) is 0 Å². The molecule has 0 aromatic carbocycles. The highest BCUT2D eigenvalue weighted by Crippen LogP contribution is 2.17. The Morgan fingerprint density at radius 2 is 0.885 bits per heavy atom. The van der Waals surface area contributed by atoms with Crippen molar-refractivity contribution in [2.75, 3.05) is 26.4 Å². The molecule has 2 heteroatoms. The zero-order chi connectivity index (χ0) is 19.3. The summed E-state index contributed by atoms with van der Waals surface area (Å²) in [5.41, 5.74) is 0. The van der Waals surface area contributed by atoms with E-state index in [0.29, 0.717) is 0 Å². The Bertz CT molecular complexity index is 229. The van der Waals surface area contributed by atoms with Crippen LogP contribution in [0.5, 0.6) is 0 Å². The summed E-state index contributed by atoms with van der Waals surface area (Å²) in [5, 5.41) is 0. The van der Waals surface area contributed by atoms with Crippen LogP contribution in [-0.4, -0.2) is 26.4 Å². The minimum absolute atomic E-state index is 0.778. The first-order valence-electron chi connectivity index (χ1n) is 11.9. The Morgan fingerprint density at radius 1 is 0.462 bits per heavy atom. The summed E-state index contributed by atoms with van der Waals surface area (Å²) in [6, 6.07) is 0. The van der Waals surface area contributed by atoms with Crippen molar-refractivity contribution in [3.8, 4) is 0 Å².